The molecule has 176 valence electrons. The normalized spacial score (nSPS) is 45.2. The Kier molecular flexibility index (Phi) is 4.23. The number of ether oxygens (including phenoxy) is 2. The Morgan fingerprint density at radius 2 is 1.69 bits per heavy atom. The second kappa shape index (κ2) is 6.09. The summed E-state index contributed by atoms with van der Waals surface area (Å²) in [5.41, 5.74) is -4.57. The van der Waals surface area contributed by atoms with Crippen LogP contribution >= 0.6 is 0 Å². The van der Waals surface area contributed by atoms with Crippen LogP contribution in [0.3, 0.4) is 0 Å². The molecule has 7 heteroatoms. The third-order valence-corrected chi connectivity index (χ3v) is 10.1. The standard InChI is InChI=1S/C25H31F3O4/c1-20(2)11-15(12-21(3)17-16-13-23(20,21)18(29)22(16,17)4)32-19(30)24(31-5,25(26,27)28)14-9-7-6-8-10-14/h6-10,15-18,29H,11-13H2,1-5H3/t15-,16?,17-,18+,21-,22?,23-,24-/m1/s1. The summed E-state index contributed by atoms with van der Waals surface area (Å²) in [6, 6.07) is 6.93. The third-order valence-electron chi connectivity index (χ3n) is 10.1. The van der Waals surface area contributed by atoms with Crippen LogP contribution in [0.4, 0.5) is 13.2 Å². The van der Waals surface area contributed by atoms with Gasteiger partial charge in [-0.1, -0.05) is 58.0 Å². The minimum absolute atomic E-state index is 0.128. The largest absolute Gasteiger partial charge is 0.460 e. The van der Waals surface area contributed by atoms with E-state index in [4.69, 9.17) is 9.47 Å². The lowest BCUT2D eigenvalue weighted by atomic mass is 9.47. The molecule has 1 aromatic rings. The Labute approximate surface area is 186 Å². The second-order valence-electron chi connectivity index (χ2n) is 11.5. The monoisotopic (exact) mass is 452 g/mol. The van der Waals surface area contributed by atoms with E-state index in [1.807, 2.05) is 0 Å². The molecule has 0 heterocycles. The molecule has 2 unspecified atom stereocenters. The van der Waals surface area contributed by atoms with Gasteiger partial charge in [0.15, 0.2) is 0 Å². The van der Waals surface area contributed by atoms with Crippen molar-refractivity contribution in [2.75, 3.05) is 7.11 Å². The summed E-state index contributed by atoms with van der Waals surface area (Å²) in [6.07, 6.45) is -4.29. The van der Waals surface area contributed by atoms with E-state index in [2.05, 4.69) is 27.7 Å². The van der Waals surface area contributed by atoms with Crippen molar-refractivity contribution in [3.8, 4) is 0 Å². The predicted molar refractivity (Wildman–Crippen MR) is 110 cm³/mol. The number of carbonyl (C=O) groups excluding carboxylic acids is 1. The van der Waals surface area contributed by atoms with Gasteiger partial charge in [0, 0.05) is 23.5 Å². The van der Waals surface area contributed by atoms with Crippen LogP contribution in [0.5, 0.6) is 0 Å². The van der Waals surface area contributed by atoms with Gasteiger partial charge in [-0.2, -0.15) is 13.2 Å². The number of rotatable bonds is 4. The Hall–Kier alpha value is -1.60. The molecule has 32 heavy (non-hydrogen) atoms. The van der Waals surface area contributed by atoms with Gasteiger partial charge in [0.2, 0.25) is 0 Å². The molecule has 6 rings (SSSR count). The number of esters is 1. The number of aliphatic hydroxyl groups is 1. The summed E-state index contributed by atoms with van der Waals surface area (Å²) in [5, 5.41) is 11.3. The zero-order valence-electron chi connectivity index (χ0n) is 19.1. The van der Waals surface area contributed by atoms with Gasteiger partial charge in [-0.25, -0.2) is 4.79 Å². The molecule has 0 aliphatic heterocycles. The minimum atomic E-state index is -4.99. The van der Waals surface area contributed by atoms with E-state index in [-0.39, 0.29) is 27.2 Å². The van der Waals surface area contributed by atoms with Crippen molar-refractivity contribution < 1.29 is 32.5 Å². The van der Waals surface area contributed by atoms with Gasteiger partial charge < -0.3 is 14.6 Å². The third kappa shape index (κ3) is 2.16. The van der Waals surface area contributed by atoms with Crippen molar-refractivity contribution in [2.24, 2.45) is 33.5 Å². The Morgan fingerprint density at radius 1 is 1.06 bits per heavy atom. The molecule has 5 aliphatic rings. The average molecular weight is 453 g/mol. The van der Waals surface area contributed by atoms with Crippen molar-refractivity contribution >= 4 is 5.97 Å². The zero-order valence-corrected chi connectivity index (χ0v) is 19.1. The lowest BCUT2D eigenvalue weighted by Crippen LogP contribution is -2.59. The van der Waals surface area contributed by atoms with E-state index in [1.54, 1.807) is 6.07 Å². The van der Waals surface area contributed by atoms with E-state index in [0.717, 1.165) is 13.5 Å². The first kappa shape index (κ1) is 22.2. The van der Waals surface area contributed by atoms with Gasteiger partial charge in [-0.3, -0.25) is 0 Å². The highest BCUT2D eigenvalue weighted by Crippen LogP contribution is 2.94. The zero-order chi connectivity index (χ0) is 23.5. The number of hydrogen-bond acceptors (Lipinski definition) is 4. The first-order chi connectivity index (χ1) is 14.7. The maximum Gasteiger partial charge on any atom is 0.432 e. The van der Waals surface area contributed by atoms with Gasteiger partial charge in [0.1, 0.15) is 6.10 Å². The van der Waals surface area contributed by atoms with Gasteiger partial charge in [0.05, 0.1) is 6.10 Å². The molecule has 1 N–H and O–H groups in total. The number of alkyl halides is 3. The van der Waals surface area contributed by atoms with Crippen LogP contribution in [0.2, 0.25) is 0 Å². The molecule has 0 amide bonds. The Balaban J connectivity index is 1.48. The molecule has 5 saturated carbocycles. The molecule has 1 aromatic carbocycles. The lowest BCUT2D eigenvalue weighted by Gasteiger charge is -2.58. The fraction of sp³-hybridized carbons (Fsp3) is 0.720. The van der Waals surface area contributed by atoms with Crippen molar-refractivity contribution in [1.29, 1.82) is 0 Å². The van der Waals surface area contributed by atoms with Crippen molar-refractivity contribution in [1.82, 2.24) is 0 Å². The molecule has 5 aliphatic carbocycles. The molecular formula is C25H31F3O4. The molecule has 8 atom stereocenters. The summed E-state index contributed by atoms with van der Waals surface area (Å²) in [7, 11) is 0.890. The van der Waals surface area contributed by atoms with Gasteiger partial charge in [-0.05, 0) is 41.9 Å². The first-order valence-electron chi connectivity index (χ1n) is 11.3. The van der Waals surface area contributed by atoms with Crippen molar-refractivity contribution in [2.45, 2.75) is 70.9 Å². The second-order valence-corrected chi connectivity index (χ2v) is 11.5. The minimum Gasteiger partial charge on any atom is -0.460 e. The Morgan fingerprint density at radius 3 is 2.19 bits per heavy atom. The fourth-order valence-electron chi connectivity index (χ4n) is 9.01. The molecule has 4 bridgehead atoms. The topological polar surface area (TPSA) is 55.8 Å². The van der Waals surface area contributed by atoms with Gasteiger partial charge in [-0.15, -0.1) is 0 Å². The van der Waals surface area contributed by atoms with Gasteiger partial charge in [0.25, 0.3) is 5.60 Å². The molecule has 0 aromatic heterocycles. The van der Waals surface area contributed by atoms with Crippen LogP contribution in [0.1, 0.15) is 52.5 Å². The summed E-state index contributed by atoms with van der Waals surface area (Å²) >= 11 is 0. The SMILES string of the molecule is CO[C@@](C(=O)O[C@@H]1CC(C)(C)[C@@]23CC4[C@@H](C4(C)[C@@H]2O)[C@@]3(C)C1)(c1ccccc1)C(F)(F)F. The van der Waals surface area contributed by atoms with E-state index in [1.165, 1.54) is 24.3 Å². The number of benzene rings is 1. The van der Waals surface area contributed by atoms with Crippen LogP contribution in [-0.4, -0.2) is 36.6 Å². The van der Waals surface area contributed by atoms with Crippen molar-refractivity contribution in [3.05, 3.63) is 35.9 Å². The summed E-state index contributed by atoms with van der Waals surface area (Å²) in [6.45, 7) is 8.41. The highest BCUT2D eigenvalue weighted by atomic mass is 19.4. The van der Waals surface area contributed by atoms with Crippen LogP contribution in [0.15, 0.2) is 30.3 Å². The molecular weight excluding hydrogens is 421 g/mol. The van der Waals surface area contributed by atoms with Crippen molar-refractivity contribution in [3.63, 3.8) is 0 Å². The number of methoxy groups -OCH3 is 1. The van der Waals surface area contributed by atoms with E-state index in [9.17, 15) is 23.1 Å². The average Bonchev–Trinajstić information content (AvgIpc) is 2.98. The highest BCUT2D eigenvalue weighted by Gasteiger charge is 2.93. The van der Waals surface area contributed by atoms with E-state index >= 15 is 0 Å². The van der Waals surface area contributed by atoms with Gasteiger partial charge >= 0.3 is 12.1 Å². The smallest absolute Gasteiger partial charge is 0.432 e. The molecule has 1 spiro atoms. The molecule has 5 fully saturated rings. The van der Waals surface area contributed by atoms with E-state index < -0.39 is 30.0 Å². The number of carbonyl (C=O) groups is 1. The van der Waals surface area contributed by atoms with Crippen LogP contribution < -0.4 is 0 Å². The predicted octanol–water partition coefficient (Wildman–Crippen LogP) is 4.85. The number of halogens is 3. The fourth-order valence-corrected chi connectivity index (χ4v) is 9.01. The number of aliphatic hydroxyl groups excluding tert-OH is 1. The molecule has 0 saturated heterocycles. The molecule has 4 nitrogen and oxygen atoms in total. The summed E-state index contributed by atoms with van der Waals surface area (Å²) in [5.74, 6) is -0.674. The lowest BCUT2D eigenvalue weighted by molar-refractivity contribution is -0.281. The summed E-state index contributed by atoms with van der Waals surface area (Å²) in [4.78, 5) is 13.2. The Bertz CT molecular complexity index is 962. The number of hydrogen-bond donors (Lipinski definition) is 1. The highest BCUT2D eigenvalue weighted by molar-refractivity contribution is 5.83. The maximum absolute atomic E-state index is 14.3. The maximum atomic E-state index is 14.3. The quantitative estimate of drug-likeness (QED) is 0.664. The van der Waals surface area contributed by atoms with Crippen LogP contribution in [0, 0.1) is 33.5 Å². The molecule has 0 radical (unpaired) electrons. The summed E-state index contributed by atoms with van der Waals surface area (Å²) < 4.78 is 53.4. The van der Waals surface area contributed by atoms with Crippen LogP contribution in [-0.2, 0) is 19.9 Å². The van der Waals surface area contributed by atoms with E-state index in [0.29, 0.717) is 24.7 Å². The first-order valence-corrected chi connectivity index (χ1v) is 11.3. The van der Waals surface area contributed by atoms with Crippen LogP contribution in [0.25, 0.3) is 0 Å².